The molecule has 1 fully saturated rings. The summed E-state index contributed by atoms with van der Waals surface area (Å²) in [7, 11) is 0. The molecule has 1 aromatic rings. The molecule has 3 rings (SSSR count). The molecule has 2 aliphatic carbocycles. The Morgan fingerprint density at radius 3 is 3.00 bits per heavy atom. The molecule has 1 saturated carbocycles. The molecule has 0 heterocycles. The maximum absolute atomic E-state index is 5.75. The van der Waals surface area contributed by atoms with Crippen molar-refractivity contribution in [3.8, 4) is 0 Å². The number of hydrogen-bond donors (Lipinski definition) is 1. The first-order valence-electron chi connectivity index (χ1n) is 5.15. The van der Waals surface area contributed by atoms with Crippen LogP contribution in [0.25, 0.3) is 0 Å². The van der Waals surface area contributed by atoms with Crippen molar-refractivity contribution >= 4 is 0 Å². The standard InChI is InChI=1S/C12H15N/c13-8-10-7-12(10)6-5-9-3-1-2-4-11(9)12/h1-4,10H,5-8,13H2/t10-,12+/m1/s1. The lowest BCUT2D eigenvalue weighted by Crippen LogP contribution is -2.12. The molecule has 13 heavy (non-hydrogen) atoms. The number of hydrogen-bond acceptors (Lipinski definition) is 1. The molecule has 0 amide bonds. The lowest BCUT2D eigenvalue weighted by atomic mass is 9.95. The highest BCUT2D eigenvalue weighted by molar-refractivity contribution is 5.45. The summed E-state index contributed by atoms with van der Waals surface area (Å²) in [6, 6.07) is 8.89. The zero-order valence-electron chi connectivity index (χ0n) is 7.79. The number of nitrogens with two attached hydrogens (primary N) is 1. The first kappa shape index (κ1) is 7.57. The zero-order valence-corrected chi connectivity index (χ0v) is 7.79. The highest BCUT2D eigenvalue weighted by Crippen LogP contribution is 2.60. The fraction of sp³-hybridized carbons (Fsp3) is 0.500. The highest BCUT2D eigenvalue weighted by atomic mass is 14.7. The molecule has 0 aliphatic heterocycles. The predicted molar refractivity (Wildman–Crippen MR) is 53.6 cm³/mol. The number of aryl methyl sites for hydroxylation is 1. The molecule has 0 aromatic heterocycles. The molecule has 0 saturated heterocycles. The minimum Gasteiger partial charge on any atom is -0.330 e. The summed E-state index contributed by atoms with van der Waals surface area (Å²) in [6.45, 7) is 0.869. The van der Waals surface area contributed by atoms with Crippen molar-refractivity contribution in [3.05, 3.63) is 35.4 Å². The van der Waals surface area contributed by atoms with Gasteiger partial charge >= 0.3 is 0 Å². The van der Waals surface area contributed by atoms with Crippen molar-refractivity contribution in [3.63, 3.8) is 0 Å². The van der Waals surface area contributed by atoms with Crippen molar-refractivity contribution in [1.82, 2.24) is 0 Å². The Morgan fingerprint density at radius 1 is 1.38 bits per heavy atom. The molecule has 1 spiro atoms. The van der Waals surface area contributed by atoms with E-state index in [1.54, 1.807) is 11.1 Å². The Hall–Kier alpha value is -0.820. The normalized spacial score (nSPS) is 35.0. The van der Waals surface area contributed by atoms with Crippen molar-refractivity contribution in [1.29, 1.82) is 0 Å². The molecule has 68 valence electrons. The van der Waals surface area contributed by atoms with Gasteiger partial charge in [-0.15, -0.1) is 0 Å². The van der Waals surface area contributed by atoms with Crippen LogP contribution in [0.4, 0.5) is 0 Å². The van der Waals surface area contributed by atoms with Crippen LogP contribution in [-0.2, 0) is 11.8 Å². The molecule has 2 aliphatic rings. The quantitative estimate of drug-likeness (QED) is 0.689. The highest BCUT2D eigenvalue weighted by Gasteiger charge is 2.56. The van der Waals surface area contributed by atoms with E-state index >= 15 is 0 Å². The molecule has 2 atom stereocenters. The molecule has 1 nitrogen and oxygen atoms in total. The van der Waals surface area contributed by atoms with Crippen LogP contribution in [0.2, 0.25) is 0 Å². The zero-order chi connectivity index (χ0) is 8.89. The topological polar surface area (TPSA) is 26.0 Å². The van der Waals surface area contributed by atoms with Gasteiger partial charge in [0, 0.05) is 5.41 Å². The lowest BCUT2D eigenvalue weighted by Gasteiger charge is -2.09. The van der Waals surface area contributed by atoms with Gasteiger partial charge in [0.2, 0.25) is 0 Å². The van der Waals surface area contributed by atoms with Crippen LogP contribution in [0.1, 0.15) is 24.0 Å². The Balaban J connectivity index is 2.05. The third-order valence-corrected chi connectivity index (χ3v) is 3.91. The summed E-state index contributed by atoms with van der Waals surface area (Å²) in [4.78, 5) is 0. The SMILES string of the molecule is NC[C@H]1C[C@@]12CCc1ccccc12. The Bertz CT molecular complexity index is 345. The second kappa shape index (κ2) is 2.36. The third-order valence-electron chi connectivity index (χ3n) is 3.91. The van der Waals surface area contributed by atoms with E-state index in [9.17, 15) is 0 Å². The van der Waals surface area contributed by atoms with E-state index in [4.69, 9.17) is 5.73 Å². The number of rotatable bonds is 1. The Morgan fingerprint density at radius 2 is 2.23 bits per heavy atom. The van der Waals surface area contributed by atoms with Crippen molar-refractivity contribution in [2.24, 2.45) is 11.7 Å². The smallest absolute Gasteiger partial charge is 0.000288 e. The summed E-state index contributed by atoms with van der Waals surface area (Å²) in [5, 5.41) is 0. The van der Waals surface area contributed by atoms with Crippen molar-refractivity contribution < 1.29 is 0 Å². The Labute approximate surface area is 78.9 Å². The number of benzene rings is 1. The molecule has 1 aromatic carbocycles. The van der Waals surface area contributed by atoms with E-state index < -0.39 is 0 Å². The average Bonchev–Trinajstić information content (AvgIpc) is 2.78. The van der Waals surface area contributed by atoms with Gasteiger partial charge in [-0.05, 0) is 42.9 Å². The fourth-order valence-electron chi connectivity index (χ4n) is 3.04. The van der Waals surface area contributed by atoms with Crippen LogP contribution < -0.4 is 5.73 Å². The number of fused-ring (bicyclic) bond motifs is 2. The molecular weight excluding hydrogens is 158 g/mol. The lowest BCUT2D eigenvalue weighted by molar-refractivity contribution is 0.601. The molecule has 0 bridgehead atoms. The fourth-order valence-corrected chi connectivity index (χ4v) is 3.04. The van der Waals surface area contributed by atoms with Crippen molar-refractivity contribution in [2.45, 2.75) is 24.7 Å². The summed E-state index contributed by atoms with van der Waals surface area (Å²) in [5.74, 6) is 0.774. The van der Waals surface area contributed by atoms with Gasteiger partial charge in [-0.1, -0.05) is 24.3 Å². The van der Waals surface area contributed by atoms with E-state index in [2.05, 4.69) is 24.3 Å². The van der Waals surface area contributed by atoms with Crippen LogP contribution in [-0.4, -0.2) is 6.54 Å². The third kappa shape index (κ3) is 0.856. The van der Waals surface area contributed by atoms with Gasteiger partial charge in [-0.25, -0.2) is 0 Å². The van der Waals surface area contributed by atoms with Gasteiger partial charge < -0.3 is 5.73 Å². The minimum absolute atomic E-state index is 0.519. The van der Waals surface area contributed by atoms with E-state index in [0.717, 1.165) is 12.5 Å². The van der Waals surface area contributed by atoms with Gasteiger partial charge in [0.1, 0.15) is 0 Å². The first-order valence-corrected chi connectivity index (χ1v) is 5.15. The van der Waals surface area contributed by atoms with Crippen LogP contribution in [0.5, 0.6) is 0 Å². The molecule has 0 unspecified atom stereocenters. The summed E-state index contributed by atoms with van der Waals surface area (Å²) in [6.07, 6.45) is 3.95. The van der Waals surface area contributed by atoms with Crippen LogP contribution in [0.3, 0.4) is 0 Å². The molecule has 1 heteroatoms. The minimum atomic E-state index is 0.519. The van der Waals surface area contributed by atoms with Crippen LogP contribution >= 0.6 is 0 Å². The maximum atomic E-state index is 5.75. The van der Waals surface area contributed by atoms with Gasteiger partial charge in [0.15, 0.2) is 0 Å². The van der Waals surface area contributed by atoms with E-state index in [1.165, 1.54) is 19.3 Å². The van der Waals surface area contributed by atoms with Crippen LogP contribution in [0.15, 0.2) is 24.3 Å². The molecular formula is C12H15N. The average molecular weight is 173 g/mol. The first-order chi connectivity index (χ1) is 6.37. The predicted octanol–water partition coefficient (Wildman–Crippen LogP) is 1.85. The molecule has 2 N–H and O–H groups in total. The largest absolute Gasteiger partial charge is 0.330 e. The van der Waals surface area contributed by atoms with E-state index in [-0.39, 0.29) is 0 Å². The van der Waals surface area contributed by atoms with Gasteiger partial charge in [-0.3, -0.25) is 0 Å². The molecule has 0 radical (unpaired) electrons. The van der Waals surface area contributed by atoms with E-state index in [0.29, 0.717) is 5.41 Å². The maximum Gasteiger partial charge on any atom is 0.000288 e. The van der Waals surface area contributed by atoms with E-state index in [1.807, 2.05) is 0 Å². The van der Waals surface area contributed by atoms with Crippen LogP contribution in [0, 0.1) is 5.92 Å². The Kier molecular flexibility index (Phi) is 1.37. The summed E-state index contributed by atoms with van der Waals surface area (Å²) < 4.78 is 0. The summed E-state index contributed by atoms with van der Waals surface area (Å²) >= 11 is 0. The van der Waals surface area contributed by atoms with Gasteiger partial charge in [-0.2, -0.15) is 0 Å². The second-order valence-corrected chi connectivity index (χ2v) is 4.45. The summed E-state index contributed by atoms with van der Waals surface area (Å²) in [5.41, 5.74) is 9.43. The van der Waals surface area contributed by atoms with Gasteiger partial charge in [0.25, 0.3) is 0 Å². The van der Waals surface area contributed by atoms with Gasteiger partial charge in [0.05, 0.1) is 0 Å². The monoisotopic (exact) mass is 173 g/mol. The second-order valence-electron chi connectivity index (χ2n) is 4.45. The van der Waals surface area contributed by atoms with Crippen molar-refractivity contribution in [2.75, 3.05) is 6.54 Å².